The van der Waals surface area contributed by atoms with Gasteiger partial charge in [0.25, 0.3) is 5.56 Å². The second-order valence-corrected chi connectivity index (χ2v) is 4.92. The van der Waals surface area contributed by atoms with E-state index in [4.69, 9.17) is 4.74 Å². The van der Waals surface area contributed by atoms with Crippen LogP contribution in [-0.4, -0.2) is 28.5 Å². The van der Waals surface area contributed by atoms with Crippen molar-refractivity contribution in [2.45, 2.75) is 20.3 Å². The zero-order valence-electron chi connectivity index (χ0n) is 13.1. The summed E-state index contributed by atoms with van der Waals surface area (Å²) in [6.07, 6.45) is 0.229. The smallest absolute Gasteiger partial charge is 0.307 e. The number of hydrogen-bond donors (Lipinski definition) is 1. The zero-order chi connectivity index (χ0) is 16.1. The first kappa shape index (κ1) is 15.9. The molecule has 22 heavy (non-hydrogen) atoms. The van der Waals surface area contributed by atoms with Crippen molar-refractivity contribution >= 4 is 11.7 Å². The minimum absolute atomic E-state index is 0.130. The van der Waals surface area contributed by atoms with Crippen molar-refractivity contribution in [1.82, 2.24) is 9.36 Å². The fraction of sp³-hybridized carbons (Fsp3) is 0.375. The van der Waals surface area contributed by atoms with E-state index in [1.165, 1.54) is 0 Å². The molecule has 2 rings (SSSR count). The Bertz CT molecular complexity index is 701. The van der Waals surface area contributed by atoms with E-state index < -0.39 is 0 Å². The number of carbonyl (C=O) groups excluding carboxylic acids is 1. The second kappa shape index (κ2) is 6.98. The third kappa shape index (κ3) is 3.21. The van der Waals surface area contributed by atoms with Crippen molar-refractivity contribution in [3.8, 4) is 5.69 Å². The molecule has 0 fully saturated rings. The number of anilines is 1. The van der Waals surface area contributed by atoms with Gasteiger partial charge in [-0.15, -0.1) is 0 Å². The molecule has 1 N–H and O–H groups in total. The lowest BCUT2D eigenvalue weighted by atomic mass is 10.3. The maximum absolute atomic E-state index is 12.6. The molecule has 0 spiro atoms. The van der Waals surface area contributed by atoms with Crippen LogP contribution in [0, 0.1) is 6.92 Å². The SMILES string of the molecule is CCOC(=O)CCNc1c(C)n(C)n(-c2ccccc2)c1=O. The first-order chi connectivity index (χ1) is 10.6. The van der Waals surface area contributed by atoms with Gasteiger partial charge in [-0.1, -0.05) is 18.2 Å². The number of aromatic nitrogens is 2. The molecule has 1 aromatic carbocycles. The summed E-state index contributed by atoms with van der Waals surface area (Å²) in [7, 11) is 1.83. The van der Waals surface area contributed by atoms with Gasteiger partial charge in [-0.25, -0.2) is 4.68 Å². The number of rotatable bonds is 6. The van der Waals surface area contributed by atoms with Gasteiger partial charge in [0.2, 0.25) is 0 Å². The monoisotopic (exact) mass is 303 g/mol. The lowest BCUT2D eigenvalue weighted by Gasteiger charge is -2.07. The molecule has 0 aliphatic carbocycles. The number of para-hydroxylation sites is 1. The Morgan fingerprint density at radius 3 is 2.59 bits per heavy atom. The predicted octanol–water partition coefficient (Wildman–Crippen LogP) is 1.85. The molecule has 0 atom stereocenters. The third-order valence-electron chi connectivity index (χ3n) is 3.49. The van der Waals surface area contributed by atoms with Gasteiger partial charge in [0.05, 0.1) is 24.4 Å². The van der Waals surface area contributed by atoms with Gasteiger partial charge in [-0.05, 0) is 26.0 Å². The molecule has 6 nitrogen and oxygen atoms in total. The summed E-state index contributed by atoms with van der Waals surface area (Å²) in [5, 5.41) is 3.05. The maximum atomic E-state index is 12.6. The van der Waals surface area contributed by atoms with E-state index >= 15 is 0 Å². The number of hydrogen-bond acceptors (Lipinski definition) is 4. The van der Waals surface area contributed by atoms with Crippen molar-refractivity contribution < 1.29 is 9.53 Å². The quantitative estimate of drug-likeness (QED) is 0.827. The Morgan fingerprint density at radius 1 is 1.27 bits per heavy atom. The molecule has 118 valence electrons. The van der Waals surface area contributed by atoms with Crippen molar-refractivity contribution in [3.63, 3.8) is 0 Å². The first-order valence-corrected chi connectivity index (χ1v) is 7.29. The van der Waals surface area contributed by atoms with Crippen LogP contribution in [0.3, 0.4) is 0 Å². The Hall–Kier alpha value is -2.50. The van der Waals surface area contributed by atoms with E-state index in [1.54, 1.807) is 16.3 Å². The minimum Gasteiger partial charge on any atom is -0.466 e. The molecule has 1 aromatic heterocycles. The molecule has 1 heterocycles. The van der Waals surface area contributed by atoms with Crippen LogP contribution < -0.4 is 10.9 Å². The lowest BCUT2D eigenvalue weighted by Crippen LogP contribution is -2.21. The van der Waals surface area contributed by atoms with Gasteiger partial charge in [0.15, 0.2) is 0 Å². The van der Waals surface area contributed by atoms with Gasteiger partial charge in [-0.3, -0.25) is 14.3 Å². The average molecular weight is 303 g/mol. The van der Waals surface area contributed by atoms with Crippen LogP contribution in [0.5, 0.6) is 0 Å². The highest BCUT2D eigenvalue weighted by Crippen LogP contribution is 2.13. The number of benzene rings is 1. The van der Waals surface area contributed by atoms with Crippen LogP contribution in [0.25, 0.3) is 5.69 Å². The summed E-state index contributed by atoms with van der Waals surface area (Å²) in [6.45, 7) is 4.37. The van der Waals surface area contributed by atoms with Crippen LogP contribution in [0.1, 0.15) is 19.0 Å². The van der Waals surface area contributed by atoms with Crippen LogP contribution in [0.2, 0.25) is 0 Å². The van der Waals surface area contributed by atoms with Crippen molar-refractivity contribution in [2.75, 3.05) is 18.5 Å². The summed E-state index contributed by atoms with van der Waals surface area (Å²) in [5.74, 6) is -0.271. The molecule has 0 saturated carbocycles. The first-order valence-electron chi connectivity index (χ1n) is 7.29. The molecule has 0 radical (unpaired) electrons. The average Bonchev–Trinajstić information content (AvgIpc) is 2.72. The lowest BCUT2D eigenvalue weighted by molar-refractivity contribution is -0.142. The molecule has 0 saturated heterocycles. The van der Waals surface area contributed by atoms with Gasteiger partial charge in [0.1, 0.15) is 5.69 Å². The molecular weight excluding hydrogens is 282 g/mol. The summed E-state index contributed by atoms with van der Waals surface area (Å²) < 4.78 is 8.27. The van der Waals surface area contributed by atoms with Gasteiger partial charge in [0, 0.05) is 13.6 Å². The maximum Gasteiger partial charge on any atom is 0.307 e. The minimum atomic E-state index is -0.271. The fourth-order valence-electron chi connectivity index (χ4n) is 2.29. The van der Waals surface area contributed by atoms with E-state index in [2.05, 4.69) is 5.32 Å². The predicted molar refractivity (Wildman–Crippen MR) is 85.5 cm³/mol. The normalized spacial score (nSPS) is 10.5. The number of esters is 1. The highest BCUT2D eigenvalue weighted by Gasteiger charge is 2.15. The Balaban J connectivity index is 2.20. The summed E-state index contributed by atoms with van der Waals surface area (Å²) in [4.78, 5) is 23.9. The number of nitrogens with one attached hydrogen (secondary N) is 1. The Kier molecular flexibility index (Phi) is 5.04. The number of nitrogens with zero attached hydrogens (tertiary/aromatic N) is 2. The molecule has 0 unspecified atom stereocenters. The van der Waals surface area contributed by atoms with Crippen molar-refractivity contribution in [3.05, 3.63) is 46.4 Å². The van der Waals surface area contributed by atoms with Gasteiger partial charge in [-0.2, -0.15) is 0 Å². The van der Waals surface area contributed by atoms with Crippen LogP contribution in [0.4, 0.5) is 5.69 Å². The highest BCUT2D eigenvalue weighted by molar-refractivity contribution is 5.70. The topological polar surface area (TPSA) is 65.3 Å². The van der Waals surface area contributed by atoms with Gasteiger partial charge < -0.3 is 10.1 Å². The van der Waals surface area contributed by atoms with E-state index in [0.29, 0.717) is 18.8 Å². The van der Waals surface area contributed by atoms with Crippen molar-refractivity contribution in [2.24, 2.45) is 7.05 Å². The fourth-order valence-corrected chi connectivity index (χ4v) is 2.29. The third-order valence-corrected chi connectivity index (χ3v) is 3.49. The summed E-state index contributed by atoms with van der Waals surface area (Å²) in [5.41, 5.74) is 2.00. The molecule has 0 bridgehead atoms. The van der Waals surface area contributed by atoms with E-state index in [0.717, 1.165) is 11.4 Å². The number of ether oxygens (including phenoxy) is 1. The van der Waals surface area contributed by atoms with E-state index in [1.807, 2.05) is 44.3 Å². The molecule has 2 aromatic rings. The van der Waals surface area contributed by atoms with E-state index in [-0.39, 0.29) is 17.9 Å². The highest BCUT2D eigenvalue weighted by atomic mass is 16.5. The van der Waals surface area contributed by atoms with Crippen LogP contribution in [0.15, 0.2) is 35.1 Å². The standard InChI is InChI=1S/C16H21N3O3/c1-4-22-14(20)10-11-17-15-12(2)18(3)19(16(15)21)13-8-6-5-7-9-13/h5-9,17H,4,10-11H2,1-3H3. The molecular formula is C16H21N3O3. The van der Waals surface area contributed by atoms with Crippen LogP contribution >= 0.6 is 0 Å². The molecule has 6 heteroatoms. The Morgan fingerprint density at radius 2 is 1.95 bits per heavy atom. The van der Waals surface area contributed by atoms with Crippen molar-refractivity contribution in [1.29, 1.82) is 0 Å². The zero-order valence-corrected chi connectivity index (χ0v) is 13.1. The number of carbonyl (C=O) groups is 1. The largest absolute Gasteiger partial charge is 0.466 e. The molecule has 0 amide bonds. The van der Waals surface area contributed by atoms with Gasteiger partial charge >= 0.3 is 5.97 Å². The van der Waals surface area contributed by atoms with Crippen LogP contribution in [-0.2, 0) is 16.6 Å². The van der Waals surface area contributed by atoms with E-state index in [9.17, 15) is 9.59 Å². The second-order valence-electron chi connectivity index (χ2n) is 4.92. The Labute approximate surface area is 129 Å². The summed E-state index contributed by atoms with van der Waals surface area (Å²) >= 11 is 0. The molecule has 0 aliphatic rings. The summed E-state index contributed by atoms with van der Waals surface area (Å²) in [6, 6.07) is 9.44. The molecule has 0 aliphatic heterocycles.